The molecule has 0 aromatic carbocycles. The SMILES string of the molecule is CN=C(NCC(CC(C)C)N(C)C)NC1CCCC1.I. The van der Waals surface area contributed by atoms with Gasteiger partial charge < -0.3 is 15.5 Å². The third-order valence-corrected chi connectivity index (χ3v) is 3.90. The molecule has 1 atom stereocenters. The molecule has 1 saturated carbocycles. The van der Waals surface area contributed by atoms with Gasteiger partial charge in [-0.3, -0.25) is 4.99 Å². The smallest absolute Gasteiger partial charge is 0.191 e. The van der Waals surface area contributed by atoms with E-state index in [1.807, 2.05) is 7.05 Å². The molecule has 0 aromatic rings. The highest BCUT2D eigenvalue weighted by Gasteiger charge is 2.17. The minimum absolute atomic E-state index is 0. The van der Waals surface area contributed by atoms with Gasteiger partial charge in [-0.15, -0.1) is 24.0 Å². The van der Waals surface area contributed by atoms with Gasteiger partial charge in [-0.2, -0.15) is 0 Å². The van der Waals surface area contributed by atoms with Gasteiger partial charge in [0.15, 0.2) is 5.96 Å². The summed E-state index contributed by atoms with van der Waals surface area (Å²) in [7, 11) is 6.17. The Labute approximate surface area is 142 Å². The fraction of sp³-hybridized carbons (Fsp3) is 0.933. The number of guanidine groups is 1. The van der Waals surface area contributed by atoms with E-state index in [9.17, 15) is 0 Å². The molecular formula is C15H33IN4. The molecule has 0 spiro atoms. The maximum atomic E-state index is 4.34. The van der Waals surface area contributed by atoms with Crippen LogP contribution in [-0.4, -0.2) is 50.6 Å². The highest BCUT2D eigenvalue weighted by Crippen LogP contribution is 2.17. The summed E-state index contributed by atoms with van der Waals surface area (Å²) in [6, 6.07) is 1.18. The van der Waals surface area contributed by atoms with Gasteiger partial charge in [-0.05, 0) is 39.3 Å². The molecule has 1 aliphatic carbocycles. The molecule has 5 heteroatoms. The fourth-order valence-corrected chi connectivity index (χ4v) is 2.69. The van der Waals surface area contributed by atoms with Crippen LogP contribution < -0.4 is 10.6 Å². The predicted molar refractivity (Wildman–Crippen MR) is 99.1 cm³/mol. The molecule has 1 aliphatic rings. The maximum absolute atomic E-state index is 4.34. The minimum Gasteiger partial charge on any atom is -0.355 e. The van der Waals surface area contributed by atoms with Crippen LogP contribution in [0.3, 0.4) is 0 Å². The lowest BCUT2D eigenvalue weighted by molar-refractivity contribution is 0.254. The number of nitrogens with zero attached hydrogens (tertiary/aromatic N) is 2. The van der Waals surface area contributed by atoms with Crippen molar-refractivity contribution < 1.29 is 0 Å². The Balaban J connectivity index is 0.00000361. The average Bonchev–Trinajstić information content (AvgIpc) is 2.84. The van der Waals surface area contributed by atoms with Crippen molar-refractivity contribution in [3.63, 3.8) is 0 Å². The van der Waals surface area contributed by atoms with Crippen LogP contribution in [0.15, 0.2) is 4.99 Å². The molecule has 0 bridgehead atoms. The zero-order valence-electron chi connectivity index (χ0n) is 13.8. The number of likely N-dealkylation sites (N-methyl/N-ethyl adjacent to an activating group) is 1. The second kappa shape index (κ2) is 10.7. The number of aliphatic imine (C=N–C) groups is 1. The molecule has 0 saturated heterocycles. The fourth-order valence-electron chi connectivity index (χ4n) is 2.69. The number of hydrogen-bond acceptors (Lipinski definition) is 2. The topological polar surface area (TPSA) is 39.7 Å². The quantitative estimate of drug-likeness (QED) is 0.412. The van der Waals surface area contributed by atoms with Crippen molar-refractivity contribution in [2.45, 2.75) is 58.0 Å². The van der Waals surface area contributed by atoms with Crippen LogP contribution in [0.25, 0.3) is 0 Å². The standard InChI is InChI=1S/C15H32N4.HI/c1-12(2)10-14(19(4)5)11-17-15(16-3)18-13-8-6-7-9-13;/h12-14H,6-11H2,1-5H3,(H2,16,17,18);1H. The molecule has 0 aliphatic heterocycles. The van der Waals surface area contributed by atoms with Gasteiger partial charge in [-0.1, -0.05) is 26.7 Å². The molecule has 4 nitrogen and oxygen atoms in total. The molecule has 0 heterocycles. The number of hydrogen-bond donors (Lipinski definition) is 2. The van der Waals surface area contributed by atoms with Crippen LogP contribution in [0.5, 0.6) is 0 Å². The summed E-state index contributed by atoms with van der Waals surface area (Å²) in [5.74, 6) is 1.68. The molecule has 0 radical (unpaired) electrons. The van der Waals surface area contributed by atoms with Crippen molar-refractivity contribution >= 4 is 29.9 Å². The normalized spacial score (nSPS) is 18.2. The first-order chi connectivity index (χ1) is 9.02. The highest BCUT2D eigenvalue weighted by atomic mass is 127. The van der Waals surface area contributed by atoms with E-state index in [2.05, 4.69) is 48.5 Å². The summed E-state index contributed by atoms with van der Waals surface area (Å²) < 4.78 is 0. The third kappa shape index (κ3) is 7.67. The average molecular weight is 396 g/mol. The van der Waals surface area contributed by atoms with Crippen molar-refractivity contribution in [1.82, 2.24) is 15.5 Å². The second-order valence-electron chi connectivity index (χ2n) is 6.33. The summed E-state index contributed by atoms with van der Waals surface area (Å²) in [6.07, 6.45) is 6.47. The largest absolute Gasteiger partial charge is 0.355 e. The van der Waals surface area contributed by atoms with Gasteiger partial charge in [0.2, 0.25) is 0 Å². The van der Waals surface area contributed by atoms with Crippen molar-refractivity contribution in [3.8, 4) is 0 Å². The predicted octanol–water partition coefficient (Wildman–Crippen LogP) is 2.69. The van der Waals surface area contributed by atoms with Gasteiger partial charge in [0.25, 0.3) is 0 Å². The van der Waals surface area contributed by atoms with Gasteiger partial charge in [0.05, 0.1) is 0 Å². The molecule has 120 valence electrons. The lowest BCUT2D eigenvalue weighted by Crippen LogP contribution is -2.47. The monoisotopic (exact) mass is 396 g/mol. The molecule has 1 rings (SSSR count). The van der Waals surface area contributed by atoms with E-state index in [1.54, 1.807) is 0 Å². The van der Waals surface area contributed by atoms with Crippen molar-refractivity contribution in [1.29, 1.82) is 0 Å². The van der Waals surface area contributed by atoms with Crippen LogP contribution in [0.2, 0.25) is 0 Å². The Morgan fingerprint density at radius 3 is 2.30 bits per heavy atom. The van der Waals surface area contributed by atoms with Crippen LogP contribution >= 0.6 is 24.0 Å². The molecule has 0 aromatic heterocycles. The van der Waals surface area contributed by atoms with Gasteiger partial charge in [0, 0.05) is 25.7 Å². The first-order valence-electron chi connectivity index (χ1n) is 7.66. The lowest BCUT2D eigenvalue weighted by atomic mass is 10.0. The minimum atomic E-state index is 0. The van der Waals surface area contributed by atoms with E-state index in [0.29, 0.717) is 12.1 Å². The summed E-state index contributed by atoms with van der Waals surface area (Å²) in [6.45, 7) is 5.52. The van der Waals surface area contributed by atoms with E-state index in [4.69, 9.17) is 0 Å². The van der Waals surface area contributed by atoms with E-state index in [0.717, 1.165) is 18.4 Å². The van der Waals surface area contributed by atoms with E-state index < -0.39 is 0 Å². The van der Waals surface area contributed by atoms with Crippen LogP contribution in [0.4, 0.5) is 0 Å². The highest BCUT2D eigenvalue weighted by molar-refractivity contribution is 14.0. The van der Waals surface area contributed by atoms with E-state index in [-0.39, 0.29) is 24.0 Å². The first-order valence-corrected chi connectivity index (χ1v) is 7.66. The second-order valence-corrected chi connectivity index (χ2v) is 6.33. The number of halogens is 1. The van der Waals surface area contributed by atoms with Crippen molar-refractivity contribution in [3.05, 3.63) is 0 Å². The summed E-state index contributed by atoms with van der Waals surface area (Å²) in [4.78, 5) is 6.64. The number of nitrogens with one attached hydrogen (secondary N) is 2. The van der Waals surface area contributed by atoms with Crippen molar-refractivity contribution in [2.24, 2.45) is 10.9 Å². The Bertz CT molecular complexity index is 273. The number of rotatable bonds is 6. The Kier molecular flexibility index (Phi) is 10.6. The summed E-state index contributed by atoms with van der Waals surface area (Å²) >= 11 is 0. The molecule has 1 unspecified atom stereocenters. The molecule has 1 fully saturated rings. The van der Waals surface area contributed by atoms with Crippen LogP contribution in [0, 0.1) is 5.92 Å². The molecule has 2 N–H and O–H groups in total. The Morgan fingerprint density at radius 1 is 1.25 bits per heavy atom. The molecule has 0 amide bonds. The maximum Gasteiger partial charge on any atom is 0.191 e. The zero-order chi connectivity index (χ0) is 14.3. The van der Waals surface area contributed by atoms with Gasteiger partial charge in [0.1, 0.15) is 0 Å². The molecular weight excluding hydrogens is 363 g/mol. The summed E-state index contributed by atoms with van der Waals surface area (Å²) in [5.41, 5.74) is 0. The van der Waals surface area contributed by atoms with Crippen LogP contribution in [-0.2, 0) is 0 Å². The van der Waals surface area contributed by atoms with E-state index >= 15 is 0 Å². The molecule has 20 heavy (non-hydrogen) atoms. The third-order valence-electron chi connectivity index (χ3n) is 3.90. The van der Waals surface area contributed by atoms with Gasteiger partial charge >= 0.3 is 0 Å². The van der Waals surface area contributed by atoms with Crippen LogP contribution in [0.1, 0.15) is 46.0 Å². The Hall–Kier alpha value is -0.0400. The Morgan fingerprint density at radius 2 is 1.85 bits per heavy atom. The van der Waals surface area contributed by atoms with E-state index in [1.165, 1.54) is 32.1 Å². The summed E-state index contributed by atoms with van der Waals surface area (Å²) in [5, 5.41) is 7.01. The van der Waals surface area contributed by atoms with Gasteiger partial charge in [-0.25, -0.2) is 0 Å². The lowest BCUT2D eigenvalue weighted by Gasteiger charge is -2.27. The zero-order valence-corrected chi connectivity index (χ0v) is 16.1. The van der Waals surface area contributed by atoms with Crippen molar-refractivity contribution in [2.75, 3.05) is 27.7 Å². The first kappa shape index (κ1) is 20.0.